The van der Waals surface area contributed by atoms with E-state index < -0.39 is 5.97 Å². The largest absolute Gasteiger partial charge is 0.494 e. The maximum atomic E-state index is 12.4. The van der Waals surface area contributed by atoms with Gasteiger partial charge in [-0.15, -0.1) is 0 Å². The van der Waals surface area contributed by atoms with Crippen LogP contribution in [0.25, 0.3) is 0 Å². The molecule has 0 aliphatic carbocycles. The predicted octanol–water partition coefficient (Wildman–Crippen LogP) is 8.24. The first kappa shape index (κ1) is 31.1. The van der Waals surface area contributed by atoms with Crippen LogP contribution in [-0.4, -0.2) is 24.7 Å². The van der Waals surface area contributed by atoms with Crippen molar-refractivity contribution in [3.63, 3.8) is 0 Å². The van der Waals surface area contributed by atoms with E-state index in [0.29, 0.717) is 24.3 Å². The van der Waals surface area contributed by atoms with Crippen LogP contribution in [0, 0.1) is 0 Å². The fraction of sp³-hybridized carbons (Fsp3) is 0.531. The van der Waals surface area contributed by atoms with Crippen molar-refractivity contribution in [3.8, 4) is 11.5 Å². The number of hydrazone groups is 1. The van der Waals surface area contributed by atoms with Crippen LogP contribution in [0.5, 0.6) is 11.5 Å². The lowest BCUT2D eigenvalue weighted by Crippen LogP contribution is -2.16. The topological polar surface area (TPSA) is 77.0 Å². The highest BCUT2D eigenvalue weighted by Crippen LogP contribution is 2.17. The molecule has 0 heterocycles. The molecule has 0 unspecified atom stereocenters. The highest BCUT2D eigenvalue weighted by atomic mass is 16.5. The van der Waals surface area contributed by atoms with Crippen molar-refractivity contribution in [1.82, 2.24) is 5.43 Å². The van der Waals surface area contributed by atoms with Crippen LogP contribution in [0.3, 0.4) is 0 Å². The zero-order chi connectivity index (χ0) is 27.3. The lowest BCUT2D eigenvalue weighted by Gasteiger charge is -2.07. The van der Waals surface area contributed by atoms with E-state index in [-0.39, 0.29) is 5.91 Å². The normalized spacial score (nSPS) is 11.0. The summed E-state index contributed by atoms with van der Waals surface area (Å²) < 4.78 is 11.1. The molecule has 1 amide bonds. The molecule has 6 nitrogen and oxygen atoms in total. The Balaban J connectivity index is 1.58. The van der Waals surface area contributed by atoms with Gasteiger partial charge in [-0.2, -0.15) is 5.10 Å². The van der Waals surface area contributed by atoms with Gasteiger partial charge in [-0.1, -0.05) is 84.5 Å². The van der Waals surface area contributed by atoms with Crippen molar-refractivity contribution >= 4 is 18.1 Å². The first-order valence-electron chi connectivity index (χ1n) is 14.5. The highest BCUT2D eigenvalue weighted by molar-refractivity contribution is 5.91. The smallest absolute Gasteiger partial charge is 0.343 e. The van der Waals surface area contributed by atoms with Gasteiger partial charge in [0.25, 0.3) is 0 Å². The molecule has 0 atom stereocenters. The average molecular weight is 523 g/mol. The van der Waals surface area contributed by atoms with Crippen LogP contribution in [0.15, 0.2) is 53.6 Å². The second-order valence-corrected chi connectivity index (χ2v) is 9.76. The fourth-order valence-corrected chi connectivity index (χ4v) is 3.99. The number of carbonyl (C=O) groups excluding carboxylic acids is 2. The molecule has 0 aromatic heterocycles. The number of carbonyl (C=O) groups is 2. The molecule has 0 fully saturated rings. The number of esters is 1. The summed E-state index contributed by atoms with van der Waals surface area (Å²) in [5.74, 6) is 0.686. The van der Waals surface area contributed by atoms with Gasteiger partial charge in [0.05, 0.1) is 18.4 Å². The summed E-state index contributed by atoms with van der Waals surface area (Å²) in [6.07, 6.45) is 18.0. The zero-order valence-corrected chi connectivity index (χ0v) is 23.4. The molecular weight excluding hydrogens is 476 g/mol. The van der Waals surface area contributed by atoms with Crippen molar-refractivity contribution in [3.05, 3.63) is 59.7 Å². The summed E-state index contributed by atoms with van der Waals surface area (Å²) >= 11 is 0. The summed E-state index contributed by atoms with van der Waals surface area (Å²) in [5, 5.41) is 4.04. The van der Waals surface area contributed by atoms with Gasteiger partial charge in [0.15, 0.2) is 0 Å². The number of hydrogen-bond donors (Lipinski definition) is 1. The van der Waals surface area contributed by atoms with Crippen LogP contribution in [-0.2, 0) is 4.79 Å². The fourth-order valence-electron chi connectivity index (χ4n) is 3.99. The number of amides is 1. The zero-order valence-electron chi connectivity index (χ0n) is 23.4. The van der Waals surface area contributed by atoms with Crippen LogP contribution in [0.2, 0.25) is 0 Å². The molecule has 38 heavy (non-hydrogen) atoms. The molecule has 0 saturated carbocycles. The highest BCUT2D eigenvalue weighted by Gasteiger charge is 2.09. The Morgan fingerprint density at radius 3 is 1.87 bits per heavy atom. The maximum absolute atomic E-state index is 12.4. The molecule has 208 valence electrons. The molecule has 0 aliphatic rings. The van der Waals surface area contributed by atoms with Gasteiger partial charge in [0, 0.05) is 6.42 Å². The standard InChI is InChI=1S/C32H46N2O4/c1-3-5-7-8-9-10-11-12-13-14-15-16-31(35)34-33-26-27-17-21-30(22-18-27)38-32(36)28-19-23-29(24-20-28)37-25-6-4-2/h17-24,26H,3-16,25H2,1-2H3,(H,34,35). The molecular formula is C32H46N2O4. The Hall–Kier alpha value is -3.15. The first-order valence-corrected chi connectivity index (χ1v) is 14.5. The Morgan fingerprint density at radius 1 is 0.711 bits per heavy atom. The Morgan fingerprint density at radius 2 is 1.26 bits per heavy atom. The van der Waals surface area contributed by atoms with Crippen LogP contribution in [0.1, 0.15) is 120 Å². The van der Waals surface area contributed by atoms with Gasteiger partial charge in [-0.3, -0.25) is 4.79 Å². The third-order valence-corrected chi connectivity index (χ3v) is 6.36. The Labute approximate surface area is 229 Å². The molecule has 2 aromatic rings. The van der Waals surface area contributed by atoms with Crippen molar-refractivity contribution in [1.29, 1.82) is 0 Å². The van der Waals surface area contributed by atoms with E-state index in [0.717, 1.165) is 37.0 Å². The van der Waals surface area contributed by atoms with Gasteiger partial charge < -0.3 is 9.47 Å². The minimum atomic E-state index is -0.429. The Bertz CT molecular complexity index is 939. The molecule has 0 saturated heterocycles. The van der Waals surface area contributed by atoms with E-state index in [1.54, 1.807) is 54.7 Å². The third-order valence-electron chi connectivity index (χ3n) is 6.36. The van der Waals surface area contributed by atoms with Gasteiger partial charge >= 0.3 is 5.97 Å². The van der Waals surface area contributed by atoms with Gasteiger partial charge in [0.2, 0.25) is 5.91 Å². The molecule has 1 N–H and O–H groups in total. The van der Waals surface area contributed by atoms with E-state index in [9.17, 15) is 9.59 Å². The molecule has 0 spiro atoms. The lowest BCUT2D eigenvalue weighted by atomic mass is 10.1. The van der Waals surface area contributed by atoms with E-state index >= 15 is 0 Å². The monoisotopic (exact) mass is 522 g/mol. The SMILES string of the molecule is CCCCCCCCCCCCCC(=O)NN=Cc1ccc(OC(=O)c2ccc(OCCCC)cc2)cc1. The summed E-state index contributed by atoms with van der Waals surface area (Å²) in [7, 11) is 0. The predicted molar refractivity (Wildman–Crippen MR) is 155 cm³/mol. The second-order valence-electron chi connectivity index (χ2n) is 9.76. The van der Waals surface area contributed by atoms with Gasteiger partial charge in [-0.25, -0.2) is 10.2 Å². The molecule has 2 aromatic carbocycles. The molecule has 0 radical (unpaired) electrons. The number of benzene rings is 2. The summed E-state index contributed by atoms with van der Waals surface area (Å²) in [5.41, 5.74) is 3.85. The van der Waals surface area contributed by atoms with Crippen molar-refractivity contribution in [2.75, 3.05) is 6.61 Å². The number of nitrogens with zero attached hydrogens (tertiary/aromatic N) is 1. The summed E-state index contributed by atoms with van der Waals surface area (Å²) in [6.45, 7) is 5.03. The second kappa shape index (κ2) is 19.9. The minimum Gasteiger partial charge on any atom is -0.494 e. The summed E-state index contributed by atoms with van der Waals surface area (Å²) in [4.78, 5) is 24.4. The van der Waals surface area contributed by atoms with Crippen molar-refractivity contribution in [2.45, 2.75) is 104 Å². The van der Waals surface area contributed by atoms with Gasteiger partial charge in [-0.05, 0) is 66.9 Å². The maximum Gasteiger partial charge on any atom is 0.343 e. The number of ether oxygens (including phenoxy) is 2. The average Bonchev–Trinajstić information content (AvgIpc) is 2.93. The van der Waals surface area contributed by atoms with Crippen molar-refractivity contribution < 1.29 is 19.1 Å². The third kappa shape index (κ3) is 14.0. The first-order chi connectivity index (χ1) is 18.6. The van der Waals surface area contributed by atoms with E-state index in [1.807, 2.05) is 0 Å². The van der Waals surface area contributed by atoms with Gasteiger partial charge in [0.1, 0.15) is 11.5 Å². The van der Waals surface area contributed by atoms with Crippen molar-refractivity contribution in [2.24, 2.45) is 5.10 Å². The summed E-state index contributed by atoms with van der Waals surface area (Å²) in [6, 6.07) is 13.9. The lowest BCUT2D eigenvalue weighted by molar-refractivity contribution is -0.121. The number of rotatable bonds is 20. The number of hydrogen-bond acceptors (Lipinski definition) is 5. The molecule has 0 aliphatic heterocycles. The minimum absolute atomic E-state index is 0.0653. The van der Waals surface area contributed by atoms with Crippen LogP contribution in [0.4, 0.5) is 0 Å². The Kier molecular flexibility index (Phi) is 16.3. The van der Waals surface area contributed by atoms with E-state index in [4.69, 9.17) is 9.47 Å². The molecule has 2 rings (SSSR count). The van der Waals surface area contributed by atoms with Crippen LogP contribution < -0.4 is 14.9 Å². The molecule has 6 heteroatoms. The number of nitrogens with one attached hydrogen (secondary N) is 1. The molecule has 0 bridgehead atoms. The van der Waals surface area contributed by atoms with E-state index in [1.165, 1.54) is 57.8 Å². The quantitative estimate of drug-likeness (QED) is 0.0624. The number of unbranched alkanes of at least 4 members (excludes halogenated alkanes) is 11. The van der Waals surface area contributed by atoms with E-state index in [2.05, 4.69) is 24.4 Å². The van der Waals surface area contributed by atoms with Crippen LogP contribution >= 0.6 is 0 Å².